The third kappa shape index (κ3) is 4.59. The lowest BCUT2D eigenvalue weighted by Crippen LogP contribution is -2.44. The highest BCUT2D eigenvalue weighted by molar-refractivity contribution is 7.09. The summed E-state index contributed by atoms with van der Waals surface area (Å²) in [5.41, 5.74) is 0. The van der Waals surface area contributed by atoms with E-state index in [1.54, 1.807) is 11.3 Å². The van der Waals surface area contributed by atoms with E-state index >= 15 is 0 Å². The fourth-order valence-electron chi connectivity index (χ4n) is 2.22. The van der Waals surface area contributed by atoms with Crippen LogP contribution >= 0.6 is 23.7 Å². The number of thiophene rings is 1. The molecule has 0 bridgehead atoms. The van der Waals surface area contributed by atoms with Gasteiger partial charge in [0, 0.05) is 23.9 Å². The summed E-state index contributed by atoms with van der Waals surface area (Å²) in [4.78, 5) is 13.3. The molecule has 3 nitrogen and oxygen atoms in total. The SMILES string of the molecule is CC(Cc1cccs1)NC(=O)[C@@H]1CCCNC1.Cl. The summed E-state index contributed by atoms with van der Waals surface area (Å²) >= 11 is 1.75. The summed E-state index contributed by atoms with van der Waals surface area (Å²) in [6.07, 6.45) is 3.06. The number of carbonyl (C=O) groups excluding carboxylic acids is 1. The van der Waals surface area contributed by atoms with Crippen molar-refractivity contribution >= 4 is 29.7 Å². The molecule has 102 valence electrons. The Bertz CT molecular complexity index is 350. The molecule has 18 heavy (non-hydrogen) atoms. The number of nitrogens with one attached hydrogen (secondary N) is 2. The Balaban J connectivity index is 0.00000162. The second-order valence-electron chi connectivity index (χ2n) is 4.74. The van der Waals surface area contributed by atoms with Crippen LogP contribution in [0.2, 0.25) is 0 Å². The smallest absolute Gasteiger partial charge is 0.224 e. The molecule has 1 amide bonds. The maximum atomic E-state index is 12.0. The number of carbonyl (C=O) groups is 1. The minimum Gasteiger partial charge on any atom is -0.353 e. The first-order valence-electron chi connectivity index (χ1n) is 6.29. The second kappa shape index (κ2) is 7.77. The average molecular weight is 289 g/mol. The summed E-state index contributed by atoms with van der Waals surface area (Å²) in [7, 11) is 0. The highest BCUT2D eigenvalue weighted by Gasteiger charge is 2.21. The van der Waals surface area contributed by atoms with Gasteiger partial charge in [-0.1, -0.05) is 6.07 Å². The van der Waals surface area contributed by atoms with Crippen LogP contribution in [0.15, 0.2) is 17.5 Å². The van der Waals surface area contributed by atoms with Gasteiger partial charge < -0.3 is 10.6 Å². The van der Waals surface area contributed by atoms with Gasteiger partial charge in [0.1, 0.15) is 0 Å². The van der Waals surface area contributed by atoms with Crippen molar-refractivity contribution in [2.75, 3.05) is 13.1 Å². The molecule has 0 radical (unpaired) electrons. The summed E-state index contributed by atoms with van der Waals surface area (Å²) in [6.45, 7) is 3.96. The van der Waals surface area contributed by atoms with E-state index in [2.05, 4.69) is 35.1 Å². The molecular formula is C13H21ClN2OS. The van der Waals surface area contributed by atoms with Crippen LogP contribution in [0.1, 0.15) is 24.6 Å². The van der Waals surface area contributed by atoms with Crippen LogP contribution in [-0.2, 0) is 11.2 Å². The zero-order valence-corrected chi connectivity index (χ0v) is 12.3. The van der Waals surface area contributed by atoms with E-state index in [9.17, 15) is 4.79 Å². The largest absolute Gasteiger partial charge is 0.353 e. The van der Waals surface area contributed by atoms with E-state index in [0.29, 0.717) is 0 Å². The molecule has 0 aromatic carbocycles. The average Bonchev–Trinajstić information content (AvgIpc) is 2.82. The molecule has 1 saturated heterocycles. The third-order valence-electron chi connectivity index (χ3n) is 3.14. The topological polar surface area (TPSA) is 41.1 Å². The van der Waals surface area contributed by atoms with Gasteiger partial charge in [0.05, 0.1) is 5.92 Å². The highest BCUT2D eigenvalue weighted by atomic mass is 35.5. The third-order valence-corrected chi connectivity index (χ3v) is 4.04. The summed E-state index contributed by atoms with van der Waals surface area (Å²) < 4.78 is 0. The first kappa shape index (κ1) is 15.5. The van der Waals surface area contributed by atoms with E-state index in [4.69, 9.17) is 0 Å². The monoisotopic (exact) mass is 288 g/mol. The van der Waals surface area contributed by atoms with Gasteiger partial charge in [-0.05, 0) is 37.8 Å². The second-order valence-corrected chi connectivity index (χ2v) is 5.77. The Morgan fingerprint density at radius 2 is 2.50 bits per heavy atom. The molecule has 1 fully saturated rings. The van der Waals surface area contributed by atoms with Crippen LogP contribution in [-0.4, -0.2) is 25.0 Å². The molecule has 2 heterocycles. The zero-order valence-electron chi connectivity index (χ0n) is 10.6. The van der Waals surface area contributed by atoms with Crippen LogP contribution in [0.25, 0.3) is 0 Å². The molecule has 1 aliphatic heterocycles. The predicted molar refractivity (Wildman–Crippen MR) is 78.5 cm³/mol. The van der Waals surface area contributed by atoms with Gasteiger partial charge in [0.2, 0.25) is 5.91 Å². The van der Waals surface area contributed by atoms with Gasteiger partial charge in [0.25, 0.3) is 0 Å². The normalized spacial score (nSPS) is 20.8. The first-order chi connectivity index (χ1) is 8.25. The van der Waals surface area contributed by atoms with E-state index in [1.807, 2.05) is 0 Å². The molecular weight excluding hydrogens is 268 g/mol. The molecule has 1 aliphatic rings. The van der Waals surface area contributed by atoms with Crippen LogP contribution in [0.3, 0.4) is 0 Å². The number of rotatable bonds is 4. The zero-order chi connectivity index (χ0) is 12.1. The van der Waals surface area contributed by atoms with Crippen LogP contribution in [0.4, 0.5) is 0 Å². The van der Waals surface area contributed by atoms with Crippen molar-refractivity contribution in [1.82, 2.24) is 10.6 Å². The molecule has 2 rings (SSSR count). The molecule has 0 saturated carbocycles. The maximum absolute atomic E-state index is 12.0. The lowest BCUT2D eigenvalue weighted by molar-refractivity contribution is -0.126. The molecule has 5 heteroatoms. The van der Waals surface area contributed by atoms with Gasteiger partial charge in [-0.2, -0.15) is 0 Å². The summed E-state index contributed by atoms with van der Waals surface area (Å²) in [6, 6.07) is 4.40. The molecule has 1 unspecified atom stereocenters. The van der Waals surface area contributed by atoms with E-state index in [-0.39, 0.29) is 30.3 Å². The van der Waals surface area contributed by atoms with Crippen molar-refractivity contribution in [1.29, 1.82) is 0 Å². The minimum absolute atomic E-state index is 0. The van der Waals surface area contributed by atoms with Crippen molar-refractivity contribution < 1.29 is 4.79 Å². The number of hydrogen-bond acceptors (Lipinski definition) is 3. The Labute approximate surface area is 119 Å². The lowest BCUT2D eigenvalue weighted by Gasteiger charge is -2.23. The van der Waals surface area contributed by atoms with Gasteiger partial charge in [-0.3, -0.25) is 4.79 Å². The molecule has 2 N–H and O–H groups in total. The van der Waals surface area contributed by atoms with E-state index in [1.165, 1.54) is 4.88 Å². The van der Waals surface area contributed by atoms with Crippen LogP contribution < -0.4 is 10.6 Å². The van der Waals surface area contributed by atoms with Gasteiger partial charge >= 0.3 is 0 Å². The number of hydrogen-bond donors (Lipinski definition) is 2. The standard InChI is InChI=1S/C13H20N2OS.ClH/c1-10(8-12-5-3-7-17-12)15-13(16)11-4-2-6-14-9-11;/h3,5,7,10-11,14H,2,4,6,8-9H2,1H3,(H,15,16);1H/t10?,11-;/m1./s1. The minimum atomic E-state index is 0. The molecule has 1 aromatic heterocycles. The van der Waals surface area contributed by atoms with Gasteiger partial charge in [-0.15, -0.1) is 23.7 Å². The Kier molecular flexibility index (Phi) is 6.68. The Hall–Kier alpha value is -0.580. The lowest BCUT2D eigenvalue weighted by atomic mass is 9.98. The number of halogens is 1. The predicted octanol–water partition coefficient (Wildman–Crippen LogP) is 2.22. The quantitative estimate of drug-likeness (QED) is 0.892. The fourth-order valence-corrected chi connectivity index (χ4v) is 3.05. The van der Waals surface area contributed by atoms with Gasteiger partial charge in [-0.25, -0.2) is 0 Å². The Morgan fingerprint density at radius 3 is 3.11 bits per heavy atom. The number of piperidine rings is 1. The summed E-state index contributed by atoms with van der Waals surface area (Å²) in [5.74, 6) is 0.371. The molecule has 0 spiro atoms. The maximum Gasteiger partial charge on any atom is 0.224 e. The number of amides is 1. The van der Waals surface area contributed by atoms with Crippen molar-refractivity contribution in [2.24, 2.45) is 5.92 Å². The fraction of sp³-hybridized carbons (Fsp3) is 0.615. The van der Waals surface area contributed by atoms with Crippen molar-refractivity contribution in [3.63, 3.8) is 0 Å². The van der Waals surface area contributed by atoms with Gasteiger partial charge in [0.15, 0.2) is 0 Å². The van der Waals surface area contributed by atoms with E-state index < -0.39 is 0 Å². The molecule has 2 atom stereocenters. The Morgan fingerprint density at radius 1 is 1.67 bits per heavy atom. The first-order valence-corrected chi connectivity index (χ1v) is 7.17. The van der Waals surface area contributed by atoms with Crippen molar-refractivity contribution in [3.05, 3.63) is 22.4 Å². The highest BCUT2D eigenvalue weighted by Crippen LogP contribution is 2.13. The van der Waals surface area contributed by atoms with Crippen molar-refractivity contribution in [2.45, 2.75) is 32.2 Å². The molecule has 0 aliphatic carbocycles. The van der Waals surface area contributed by atoms with E-state index in [0.717, 1.165) is 32.4 Å². The summed E-state index contributed by atoms with van der Waals surface area (Å²) in [5, 5.41) is 8.47. The van der Waals surface area contributed by atoms with Crippen LogP contribution in [0.5, 0.6) is 0 Å². The van der Waals surface area contributed by atoms with Crippen LogP contribution in [0, 0.1) is 5.92 Å². The van der Waals surface area contributed by atoms with Crippen molar-refractivity contribution in [3.8, 4) is 0 Å². The molecule has 1 aromatic rings.